The Labute approximate surface area is 123 Å². The normalized spacial score (nSPS) is 11.6. The Morgan fingerprint density at radius 3 is 2.50 bits per heavy atom. The van der Waals surface area contributed by atoms with Gasteiger partial charge in [-0.2, -0.15) is 0 Å². The maximum absolute atomic E-state index is 12.7. The number of hydrogen-bond donors (Lipinski definition) is 0. The van der Waals surface area contributed by atoms with Crippen LogP contribution in [0.3, 0.4) is 0 Å². The van der Waals surface area contributed by atoms with Gasteiger partial charge >= 0.3 is 12.3 Å². The van der Waals surface area contributed by atoms with Gasteiger partial charge in [-0.15, -0.1) is 13.2 Å². The number of hydrogen-bond acceptors (Lipinski definition) is 4. The van der Waals surface area contributed by atoms with Crippen molar-refractivity contribution in [3.05, 3.63) is 21.0 Å². The van der Waals surface area contributed by atoms with Crippen molar-refractivity contribution in [2.75, 3.05) is 7.11 Å². The Hall–Kier alpha value is -1.20. The van der Waals surface area contributed by atoms with Crippen molar-refractivity contribution >= 4 is 28.6 Å². The van der Waals surface area contributed by atoms with E-state index in [4.69, 9.17) is 0 Å². The van der Waals surface area contributed by atoms with E-state index in [-0.39, 0.29) is 3.70 Å². The van der Waals surface area contributed by atoms with E-state index in [1.807, 2.05) is 0 Å². The quantitative estimate of drug-likeness (QED) is 0.331. The highest BCUT2D eigenvalue weighted by atomic mass is 127. The first kappa shape index (κ1) is 16.9. The van der Waals surface area contributed by atoms with Gasteiger partial charge in [-0.1, -0.05) is 0 Å². The second-order valence-electron chi connectivity index (χ2n) is 3.41. The van der Waals surface area contributed by atoms with Gasteiger partial charge in [0.05, 0.1) is 19.1 Å². The molecule has 10 heteroatoms. The van der Waals surface area contributed by atoms with Crippen LogP contribution >= 0.6 is 22.6 Å². The molecule has 1 aromatic rings. The van der Waals surface area contributed by atoms with Crippen LogP contribution in [0.25, 0.3) is 0 Å². The fraction of sp³-hybridized carbons (Fsp3) is 0.400. The molecule has 0 aliphatic carbocycles. The van der Waals surface area contributed by atoms with Gasteiger partial charge in [0, 0.05) is 11.8 Å². The summed E-state index contributed by atoms with van der Waals surface area (Å²) in [5, 5.41) is 0. The first-order valence-electron chi connectivity index (χ1n) is 4.93. The van der Waals surface area contributed by atoms with Crippen LogP contribution in [0.2, 0.25) is 0 Å². The van der Waals surface area contributed by atoms with Gasteiger partial charge in [0.2, 0.25) is 0 Å². The van der Waals surface area contributed by atoms with E-state index in [0.717, 1.165) is 7.11 Å². The number of aromatic nitrogens is 1. The number of ether oxygens (including phenoxy) is 2. The number of alkyl halides is 5. The third-order valence-electron chi connectivity index (χ3n) is 2.10. The standard InChI is InChI=1S/C10H7F5INO3/c1-19-6(18)2-4-7(20-10(13,14)15)5(8(11)12)3-17-9(4)16/h3,8H,2H2,1H3. The van der Waals surface area contributed by atoms with Gasteiger partial charge in [0.1, 0.15) is 9.45 Å². The fourth-order valence-corrected chi connectivity index (χ4v) is 1.87. The third-order valence-corrected chi connectivity index (χ3v) is 3.03. The zero-order valence-corrected chi connectivity index (χ0v) is 12.0. The minimum absolute atomic E-state index is 0.0587. The molecule has 1 heterocycles. The zero-order chi connectivity index (χ0) is 15.5. The summed E-state index contributed by atoms with van der Waals surface area (Å²) in [6, 6.07) is 0. The van der Waals surface area contributed by atoms with Crippen LogP contribution in [0.1, 0.15) is 17.6 Å². The van der Waals surface area contributed by atoms with E-state index >= 15 is 0 Å². The van der Waals surface area contributed by atoms with Crippen molar-refractivity contribution in [1.82, 2.24) is 4.98 Å². The summed E-state index contributed by atoms with van der Waals surface area (Å²) in [4.78, 5) is 14.7. The largest absolute Gasteiger partial charge is 0.573 e. The molecule has 20 heavy (non-hydrogen) atoms. The van der Waals surface area contributed by atoms with E-state index in [2.05, 4.69) is 14.5 Å². The Bertz CT molecular complexity index is 506. The molecule has 0 saturated carbocycles. The Balaban J connectivity index is 3.37. The van der Waals surface area contributed by atoms with Crippen LogP contribution in [0.5, 0.6) is 5.75 Å². The molecule has 0 aliphatic heterocycles. The number of nitrogens with zero attached hydrogens (tertiary/aromatic N) is 1. The minimum atomic E-state index is -5.17. The van der Waals surface area contributed by atoms with Crippen molar-refractivity contribution in [2.45, 2.75) is 19.2 Å². The van der Waals surface area contributed by atoms with E-state index in [1.165, 1.54) is 22.6 Å². The minimum Gasteiger partial charge on any atom is -0.469 e. The van der Waals surface area contributed by atoms with Gasteiger partial charge in [-0.25, -0.2) is 13.8 Å². The van der Waals surface area contributed by atoms with E-state index in [0.29, 0.717) is 6.20 Å². The number of halogens is 6. The molecule has 0 atom stereocenters. The molecule has 0 bridgehead atoms. The van der Waals surface area contributed by atoms with Gasteiger partial charge in [0.15, 0.2) is 0 Å². The van der Waals surface area contributed by atoms with Crippen molar-refractivity contribution < 1.29 is 36.2 Å². The number of carbonyl (C=O) groups excluding carboxylic acids is 1. The molecular formula is C10H7F5INO3. The van der Waals surface area contributed by atoms with Crippen molar-refractivity contribution in [1.29, 1.82) is 0 Å². The Kier molecular flexibility index (Phi) is 5.48. The Morgan fingerprint density at radius 1 is 1.45 bits per heavy atom. The van der Waals surface area contributed by atoms with Gasteiger partial charge < -0.3 is 9.47 Å². The van der Waals surface area contributed by atoms with Crippen LogP contribution in [0.4, 0.5) is 22.0 Å². The third kappa shape index (κ3) is 4.42. The predicted molar refractivity (Wildman–Crippen MR) is 64.3 cm³/mol. The maximum atomic E-state index is 12.7. The number of carbonyl (C=O) groups is 1. The summed E-state index contributed by atoms with van der Waals surface area (Å²) in [5.41, 5.74) is -1.44. The van der Waals surface area contributed by atoms with Crippen LogP contribution < -0.4 is 4.74 Å². The zero-order valence-electron chi connectivity index (χ0n) is 9.80. The first-order valence-corrected chi connectivity index (χ1v) is 6.01. The van der Waals surface area contributed by atoms with Crippen molar-refractivity contribution in [2.24, 2.45) is 0 Å². The molecule has 1 rings (SSSR count). The average Bonchev–Trinajstić information content (AvgIpc) is 2.31. The lowest BCUT2D eigenvalue weighted by molar-refractivity contribution is -0.275. The summed E-state index contributed by atoms with van der Waals surface area (Å²) < 4.78 is 70.2. The molecule has 0 aromatic carbocycles. The van der Waals surface area contributed by atoms with Gasteiger partial charge in [0.25, 0.3) is 6.43 Å². The molecule has 4 nitrogen and oxygen atoms in total. The number of pyridine rings is 1. The second-order valence-corrected chi connectivity index (χ2v) is 4.44. The highest BCUT2D eigenvalue weighted by Crippen LogP contribution is 2.37. The van der Waals surface area contributed by atoms with Crippen LogP contribution in [0.15, 0.2) is 6.20 Å². The molecule has 0 spiro atoms. The van der Waals surface area contributed by atoms with E-state index in [9.17, 15) is 26.7 Å². The number of methoxy groups -OCH3 is 1. The molecule has 112 valence electrons. The van der Waals surface area contributed by atoms with E-state index < -0.39 is 42.1 Å². The first-order chi connectivity index (χ1) is 9.15. The molecule has 1 aromatic heterocycles. The maximum Gasteiger partial charge on any atom is 0.573 e. The monoisotopic (exact) mass is 411 g/mol. The van der Waals surface area contributed by atoms with Gasteiger partial charge in [-0.05, 0) is 22.6 Å². The summed E-state index contributed by atoms with van der Waals surface area (Å²) in [6.07, 6.45) is -8.48. The molecule has 0 N–H and O–H groups in total. The van der Waals surface area contributed by atoms with Crippen molar-refractivity contribution in [3.63, 3.8) is 0 Å². The lowest BCUT2D eigenvalue weighted by Gasteiger charge is -2.17. The molecular weight excluding hydrogens is 404 g/mol. The van der Waals surface area contributed by atoms with Crippen molar-refractivity contribution in [3.8, 4) is 5.75 Å². The molecule has 0 amide bonds. The van der Waals surface area contributed by atoms with Crippen LogP contribution in [0, 0.1) is 3.70 Å². The summed E-state index contributed by atoms with van der Waals surface area (Å²) in [5.74, 6) is -2.01. The number of rotatable bonds is 4. The summed E-state index contributed by atoms with van der Waals surface area (Å²) in [6.45, 7) is 0. The summed E-state index contributed by atoms with van der Waals surface area (Å²) in [7, 11) is 1.02. The summed E-state index contributed by atoms with van der Waals surface area (Å²) >= 11 is 1.52. The topological polar surface area (TPSA) is 48.4 Å². The molecule has 0 aliphatic rings. The average molecular weight is 411 g/mol. The van der Waals surface area contributed by atoms with Gasteiger partial charge in [-0.3, -0.25) is 4.79 Å². The van der Waals surface area contributed by atoms with Crippen LogP contribution in [-0.2, 0) is 16.0 Å². The Morgan fingerprint density at radius 2 is 2.05 bits per heavy atom. The highest BCUT2D eigenvalue weighted by molar-refractivity contribution is 14.1. The smallest absolute Gasteiger partial charge is 0.469 e. The molecule has 0 radical (unpaired) electrons. The SMILES string of the molecule is COC(=O)Cc1c(I)ncc(C(F)F)c1OC(F)(F)F. The molecule has 0 saturated heterocycles. The predicted octanol–water partition coefficient (Wildman–Crippen LogP) is 3.24. The fourth-order valence-electron chi connectivity index (χ4n) is 1.29. The molecule has 0 unspecified atom stereocenters. The number of esters is 1. The lowest BCUT2D eigenvalue weighted by atomic mass is 10.1. The second kappa shape index (κ2) is 6.50. The molecule has 0 fully saturated rings. The van der Waals surface area contributed by atoms with E-state index in [1.54, 1.807) is 0 Å². The van der Waals surface area contributed by atoms with Crippen LogP contribution in [-0.4, -0.2) is 24.4 Å². The lowest BCUT2D eigenvalue weighted by Crippen LogP contribution is -2.21. The highest BCUT2D eigenvalue weighted by Gasteiger charge is 2.35.